The van der Waals surface area contributed by atoms with Crippen molar-refractivity contribution in [1.29, 1.82) is 0 Å². The second-order valence-corrected chi connectivity index (χ2v) is 8.46. The van der Waals surface area contributed by atoms with Crippen molar-refractivity contribution >= 4 is 39.1 Å². The second kappa shape index (κ2) is 7.40. The molecule has 6 heteroatoms. The summed E-state index contributed by atoms with van der Waals surface area (Å²) in [5, 5.41) is 12.7. The van der Waals surface area contributed by atoms with E-state index in [1.165, 1.54) is 12.7 Å². The highest BCUT2D eigenvalue weighted by molar-refractivity contribution is 6.35. The molecule has 5 rings (SSSR count). The number of hydrogen-bond acceptors (Lipinski definition) is 4. The molecule has 1 aliphatic rings. The number of halogens is 2. The molecule has 2 heterocycles. The fourth-order valence-electron chi connectivity index (χ4n) is 4.50. The Morgan fingerprint density at radius 1 is 1.13 bits per heavy atom. The van der Waals surface area contributed by atoms with Crippen molar-refractivity contribution in [2.75, 3.05) is 18.0 Å². The number of piperidine rings is 1. The number of phenols is 1. The highest BCUT2D eigenvalue weighted by Crippen LogP contribution is 2.42. The van der Waals surface area contributed by atoms with Gasteiger partial charge in [0, 0.05) is 24.0 Å². The van der Waals surface area contributed by atoms with Gasteiger partial charge in [0.2, 0.25) is 0 Å². The number of rotatable bonds is 2. The van der Waals surface area contributed by atoms with Crippen molar-refractivity contribution in [3.63, 3.8) is 0 Å². The van der Waals surface area contributed by atoms with E-state index in [0.29, 0.717) is 16.9 Å². The van der Waals surface area contributed by atoms with E-state index < -0.39 is 5.82 Å². The van der Waals surface area contributed by atoms with Crippen LogP contribution >= 0.6 is 11.6 Å². The molecule has 0 saturated carbocycles. The van der Waals surface area contributed by atoms with E-state index in [1.54, 1.807) is 18.2 Å². The molecule has 1 N–H and O–H groups in total. The van der Waals surface area contributed by atoms with Crippen LogP contribution in [0.1, 0.15) is 19.8 Å². The Kier molecular flexibility index (Phi) is 4.70. The van der Waals surface area contributed by atoms with Crippen LogP contribution in [-0.2, 0) is 0 Å². The van der Waals surface area contributed by atoms with Gasteiger partial charge >= 0.3 is 0 Å². The Balaban J connectivity index is 1.75. The summed E-state index contributed by atoms with van der Waals surface area (Å²) in [6, 6.07) is 12.5. The number of benzene rings is 3. The zero-order chi connectivity index (χ0) is 20.8. The smallest absolute Gasteiger partial charge is 0.158 e. The SMILES string of the molecule is CC1CCCN(c2ncnc3c(F)c(-c4cc(O)cc5ccccc45)c(Cl)cc23)C1. The first-order valence-corrected chi connectivity index (χ1v) is 10.5. The summed E-state index contributed by atoms with van der Waals surface area (Å²) in [6.07, 6.45) is 3.68. The standard InChI is InChI=1S/C24H21ClFN3O/c1-14-5-4-8-29(12-14)24-19-11-20(25)21(22(26)23(19)27-13-28-24)18-10-16(30)9-15-6-2-3-7-17(15)18/h2-3,6-7,9-11,13-14,30H,4-5,8,12H2,1H3. The van der Waals surface area contributed by atoms with Crippen molar-refractivity contribution < 1.29 is 9.50 Å². The molecule has 152 valence electrons. The van der Waals surface area contributed by atoms with E-state index in [-0.39, 0.29) is 21.9 Å². The summed E-state index contributed by atoms with van der Waals surface area (Å²) in [4.78, 5) is 10.9. The van der Waals surface area contributed by atoms with Gasteiger partial charge in [-0.05, 0) is 53.3 Å². The summed E-state index contributed by atoms with van der Waals surface area (Å²) in [6.45, 7) is 3.98. The molecule has 4 nitrogen and oxygen atoms in total. The summed E-state index contributed by atoms with van der Waals surface area (Å²) in [5.41, 5.74) is 1.03. The van der Waals surface area contributed by atoms with Crippen LogP contribution in [0.3, 0.4) is 0 Å². The largest absolute Gasteiger partial charge is 0.508 e. The molecule has 1 aliphatic heterocycles. The molecule has 0 amide bonds. The number of aromatic nitrogens is 2. The van der Waals surface area contributed by atoms with Crippen LogP contribution in [0, 0.1) is 11.7 Å². The summed E-state index contributed by atoms with van der Waals surface area (Å²) >= 11 is 6.64. The number of phenolic OH excluding ortho intramolecular Hbond substituents is 1. The predicted octanol–water partition coefficient (Wildman–Crippen LogP) is 6.18. The van der Waals surface area contributed by atoms with Gasteiger partial charge in [-0.3, -0.25) is 0 Å². The second-order valence-electron chi connectivity index (χ2n) is 8.05. The minimum absolute atomic E-state index is 0.0601. The van der Waals surface area contributed by atoms with Crippen LogP contribution in [0.2, 0.25) is 5.02 Å². The zero-order valence-electron chi connectivity index (χ0n) is 16.6. The van der Waals surface area contributed by atoms with Crippen LogP contribution in [0.4, 0.5) is 10.2 Å². The molecule has 1 unspecified atom stereocenters. The Hall–Kier alpha value is -2.92. The van der Waals surface area contributed by atoms with Crippen LogP contribution in [0.5, 0.6) is 5.75 Å². The number of nitrogens with zero attached hydrogens (tertiary/aromatic N) is 3. The molecule has 0 radical (unpaired) electrons. The van der Waals surface area contributed by atoms with E-state index in [0.717, 1.165) is 36.1 Å². The molecule has 0 aliphatic carbocycles. The van der Waals surface area contributed by atoms with Crippen molar-refractivity contribution in [3.8, 4) is 16.9 Å². The monoisotopic (exact) mass is 421 g/mol. The Morgan fingerprint density at radius 2 is 1.97 bits per heavy atom. The van der Waals surface area contributed by atoms with E-state index in [1.807, 2.05) is 24.3 Å². The molecule has 4 aromatic rings. The van der Waals surface area contributed by atoms with Crippen molar-refractivity contribution in [2.45, 2.75) is 19.8 Å². The zero-order valence-corrected chi connectivity index (χ0v) is 17.3. The fraction of sp³-hybridized carbons (Fsp3) is 0.250. The lowest BCUT2D eigenvalue weighted by atomic mass is 9.96. The maximum Gasteiger partial charge on any atom is 0.158 e. The van der Waals surface area contributed by atoms with Gasteiger partial charge in [-0.25, -0.2) is 14.4 Å². The molecule has 1 atom stereocenters. The molecule has 30 heavy (non-hydrogen) atoms. The summed E-state index contributed by atoms with van der Waals surface area (Å²) in [5.74, 6) is 0.841. The average Bonchev–Trinajstić information content (AvgIpc) is 2.73. The normalized spacial score (nSPS) is 17.0. The number of fused-ring (bicyclic) bond motifs is 2. The van der Waals surface area contributed by atoms with Crippen LogP contribution in [-0.4, -0.2) is 28.2 Å². The quantitative estimate of drug-likeness (QED) is 0.419. The number of aromatic hydroxyl groups is 1. The van der Waals surface area contributed by atoms with Crippen LogP contribution in [0.25, 0.3) is 32.8 Å². The third-order valence-corrected chi connectivity index (χ3v) is 6.17. The minimum Gasteiger partial charge on any atom is -0.508 e. The lowest BCUT2D eigenvalue weighted by Gasteiger charge is -2.32. The van der Waals surface area contributed by atoms with Crippen molar-refractivity contribution in [3.05, 3.63) is 59.6 Å². The van der Waals surface area contributed by atoms with Gasteiger partial charge in [-0.1, -0.05) is 42.8 Å². The molecule has 0 bridgehead atoms. The van der Waals surface area contributed by atoms with Crippen molar-refractivity contribution in [2.24, 2.45) is 5.92 Å². The van der Waals surface area contributed by atoms with Gasteiger partial charge in [-0.2, -0.15) is 0 Å². The molecule has 1 aromatic heterocycles. The van der Waals surface area contributed by atoms with Crippen molar-refractivity contribution in [1.82, 2.24) is 9.97 Å². The third kappa shape index (κ3) is 3.14. The highest BCUT2D eigenvalue weighted by atomic mass is 35.5. The molecule has 1 fully saturated rings. The topological polar surface area (TPSA) is 49.2 Å². The van der Waals surface area contributed by atoms with Gasteiger partial charge in [0.05, 0.1) is 5.02 Å². The first-order valence-electron chi connectivity index (χ1n) is 10.1. The molecule has 1 saturated heterocycles. The van der Waals surface area contributed by atoms with E-state index in [2.05, 4.69) is 21.8 Å². The van der Waals surface area contributed by atoms with E-state index in [9.17, 15) is 5.11 Å². The van der Waals surface area contributed by atoms with Gasteiger partial charge in [-0.15, -0.1) is 0 Å². The average molecular weight is 422 g/mol. The highest BCUT2D eigenvalue weighted by Gasteiger charge is 2.24. The lowest BCUT2D eigenvalue weighted by molar-refractivity contribution is 0.445. The number of hydrogen-bond donors (Lipinski definition) is 1. The lowest BCUT2D eigenvalue weighted by Crippen LogP contribution is -2.35. The van der Waals surface area contributed by atoms with Gasteiger partial charge in [0.15, 0.2) is 5.82 Å². The van der Waals surface area contributed by atoms with Gasteiger partial charge < -0.3 is 10.0 Å². The summed E-state index contributed by atoms with van der Waals surface area (Å²) in [7, 11) is 0. The minimum atomic E-state index is -0.498. The van der Waals surface area contributed by atoms with Crippen LogP contribution < -0.4 is 4.90 Å². The first kappa shape index (κ1) is 19.1. The van der Waals surface area contributed by atoms with E-state index >= 15 is 4.39 Å². The fourth-order valence-corrected chi connectivity index (χ4v) is 4.79. The maximum atomic E-state index is 15.8. The molecular weight excluding hydrogens is 401 g/mol. The maximum absolute atomic E-state index is 15.8. The Labute approximate surface area is 178 Å². The summed E-state index contributed by atoms with van der Waals surface area (Å²) < 4.78 is 15.8. The Morgan fingerprint density at radius 3 is 2.80 bits per heavy atom. The molecular formula is C24H21ClFN3O. The number of anilines is 1. The molecule has 3 aromatic carbocycles. The first-order chi connectivity index (χ1) is 14.5. The van der Waals surface area contributed by atoms with E-state index in [4.69, 9.17) is 11.6 Å². The predicted molar refractivity (Wildman–Crippen MR) is 120 cm³/mol. The molecule has 0 spiro atoms. The Bertz CT molecular complexity index is 1280. The van der Waals surface area contributed by atoms with Gasteiger partial charge in [0.1, 0.15) is 23.4 Å². The van der Waals surface area contributed by atoms with Gasteiger partial charge in [0.25, 0.3) is 0 Å². The van der Waals surface area contributed by atoms with Crippen LogP contribution in [0.15, 0.2) is 48.8 Å². The third-order valence-electron chi connectivity index (χ3n) is 5.87.